The number of hydrogen-bond donors (Lipinski definition) is 1. The number of benzene rings is 1. The maximum Gasteiger partial charge on any atom is 0.239 e. The second kappa shape index (κ2) is 4.61. The highest BCUT2D eigenvalue weighted by atomic mass is 79.9. The highest BCUT2D eigenvalue weighted by molar-refractivity contribution is 9.09. The van der Waals surface area contributed by atoms with E-state index in [1.807, 2.05) is 0 Å². The number of ketones is 1. The van der Waals surface area contributed by atoms with Crippen molar-refractivity contribution in [2.75, 3.05) is 5.33 Å². The average molecular weight is 313 g/mol. The molecular formula is C8H7BrClNO3S. The van der Waals surface area contributed by atoms with E-state index in [9.17, 15) is 13.2 Å². The number of hydrogen-bond acceptors (Lipinski definition) is 3. The molecule has 0 fully saturated rings. The van der Waals surface area contributed by atoms with Crippen molar-refractivity contribution in [1.82, 2.24) is 0 Å². The Kier molecular flexibility index (Phi) is 3.88. The van der Waals surface area contributed by atoms with Crippen molar-refractivity contribution in [1.29, 1.82) is 0 Å². The third-order valence-corrected chi connectivity index (χ3v) is 3.58. The van der Waals surface area contributed by atoms with Gasteiger partial charge in [-0.2, -0.15) is 0 Å². The lowest BCUT2D eigenvalue weighted by Gasteiger charge is -2.03. The van der Waals surface area contributed by atoms with Crippen LogP contribution in [0.25, 0.3) is 0 Å². The fraction of sp³-hybridized carbons (Fsp3) is 0.125. The van der Waals surface area contributed by atoms with Crippen molar-refractivity contribution in [2.45, 2.75) is 4.90 Å². The molecule has 0 bridgehead atoms. The van der Waals surface area contributed by atoms with Crippen molar-refractivity contribution >= 4 is 43.3 Å². The van der Waals surface area contributed by atoms with E-state index >= 15 is 0 Å². The van der Waals surface area contributed by atoms with Crippen LogP contribution in [0.5, 0.6) is 0 Å². The summed E-state index contributed by atoms with van der Waals surface area (Å²) in [4.78, 5) is 11.0. The topological polar surface area (TPSA) is 77.2 Å². The van der Waals surface area contributed by atoms with Gasteiger partial charge in [-0.05, 0) is 18.2 Å². The molecule has 2 N–H and O–H groups in total. The van der Waals surface area contributed by atoms with Crippen LogP contribution in [-0.4, -0.2) is 19.5 Å². The first-order chi connectivity index (χ1) is 6.86. The van der Waals surface area contributed by atoms with Crippen LogP contribution in [0.3, 0.4) is 0 Å². The van der Waals surface area contributed by atoms with Gasteiger partial charge in [-0.3, -0.25) is 4.79 Å². The Hall–Kier alpha value is -0.430. The highest BCUT2D eigenvalue weighted by Crippen LogP contribution is 2.21. The molecule has 0 radical (unpaired) electrons. The molecule has 82 valence electrons. The maximum atomic E-state index is 11.3. The van der Waals surface area contributed by atoms with Gasteiger partial charge in [0.15, 0.2) is 5.78 Å². The monoisotopic (exact) mass is 311 g/mol. The van der Waals surface area contributed by atoms with Gasteiger partial charge >= 0.3 is 0 Å². The number of sulfonamides is 1. The Morgan fingerprint density at radius 3 is 2.53 bits per heavy atom. The molecule has 0 aromatic heterocycles. The molecule has 4 nitrogen and oxygen atoms in total. The molecule has 1 aromatic carbocycles. The van der Waals surface area contributed by atoms with Gasteiger partial charge in [-0.1, -0.05) is 27.5 Å². The van der Waals surface area contributed by atoms with Crippen molar-refractivity contribution < 1.29 is 13.2 Å². The minimum Gasteiger partial charge on any atom is -0.293 e. The van der Waals surface area contributed by atoms with Crippen LogP contribution in [0.2, 0.25) is 5.02 Å². The number of primary sulfonamides is 1. The van der Waals surface area contributed by atoms with Crippen LogP contribution in [0.4, 0.5) is 0 Å². The first-order valence-electron chi connectivity index (χ1n) is 3.78. The standard InChI is InChI=1S/C8H7BrClNO3S/c9-4-7(12)5-1-2-6(10)8(3-5)15(11,13)14/h1-3H,4H2,(H2,11,13,14). The number of carbonyl (C=O) groups excluding carboxylic acids is 1. The summed E-state index contributed by atoms with van der Waals surface area (Å²) >= 11 is 8.63. The fourth-order valence-corrected chi connectivity index (χ4v) is 2.37. The van der Waals surface area contributed by atoms with Gasteiger partial charge in [-0.25, -0.2) is 13.6 Å². The van der Waals surface area contributed by atoms with E-state index in [2.05, 4.69) is 15.9 Å². The minimum absolute atomic E-state index is 0.00335. The summed E-state index contributed by atoms with van der Waals surface area (Å²) in [5.41, 5.74) is 0.250. The van der Waals surface area contributed by atoms with E-state index in [0.717, 1.165) is 0 Å². The summed E-state index contributed by atoms with van der Waals surface area (Å²) in [6, 6.07) is 3.94. The van der Waals surface area contributed by atoms with Crippen LogP contribution in [0.1, 0.15) is 10.4 Å². The molecule has 15 heavy (non-hydrogen) atoms. The molecule has 0 amide bonds. The second-order valence-electron chi connectivity index (χ2n) is 2.75. The summed E-state index contributed by atoms with van der Waals surface area (Å²) in [5, 5.41) is 5.05. The van der Waals surface area contributed by atoms with E-state index in [1.54, 1.807) is 0 Å². The Morgan fingerprint density at radius 1 is 1.47 bits per heavy atom. The summed E-state index contributed by atoms with van der Waals surface area (Å²) in [6.07, 6.45) is 0. The first-order valence-corrected chi connectivity index (χ1v) is 6.82. The zero-order valence-electron chi connectivity index (χ0n) is 7.41. The lowest BCUT2D eigenvalue weighted by atomic mass is 10.1. The first kappa shape index (κ1) is 12.6. The minimum atomic E-state index is -3.90. The molecule has 7 heteroatoms. The zero-order chi connectivity index (χ0) is 11.6. The zero-order valence-corrected chi connectivity index (χ0v) is 10.6. The van der Waals surface area contributed by atoms with Gasteiger partial charge in [-0.15, -0.1) is 0 Å². The smallest absolute Gasteiger partial charge is 0.239 e. The van der Waals surface area contributed by atoms with Crippen molar-refractivity contribution in [2.24, 2.45) is 5.14 Å². The van der Waals surface area contributed by atoms with Gasteiger partial charge in [0.25, 0.3) is 0 Å². The van der Waals surface area contributed by atoms with E-state index in [4.69, 9.17) is 16.7 Å². The van der Waals surface area contributed by atoms with Crippen LogP contribution in [-0.2, 0) is 10.0 Å². The van der Waals surface area contributed by atoms with Gasteiger partial charge in [0.2, 0.25) is 10.0 Å². The fourth-order valence-electron chi connectivity index (χ4n) is 0.972. The second-order valence-corrected chi connectivity index (χ2v) is 5.24. The number of Topliss-reactive ketones (excluding diaryl/α,β-unsaturated/α-hetero) is 1. The summed E-state index contributed by atoms with van der Waals surface area (Å²) < 4.78 is 22.2. The van der Waals surface area contributed by atoms with Crippen LogP contribution >= 0.6 is 27.5 Å². The number of alkyl halides is 1. The molecule has 1 rings (SSSR count). The Balaban J connectivity index is 3.36. The highest BCUT2D eigenvalue weighted by Gasteiger charge is 2.15. The van der Waals surface area contributed by atoms with E-state index < -0.39 is 10.0 Å². The normalized spacial score (nSPS) is 11.4. The largest absolute Gasteiger partial charge is 0.293 e. The third kappa shape index (κ3) is 3.01. The Morgan fingerprint density at radius 2 is 2.07 bits per heavy atom. The lowest BCUT2D eigenvalue weighted by Crippen LogP contribution is -2.14. The van der Waals surface area contributed by atoms with Gasteiger partial charge in [0.1, 0.15) is 4.90 Å². The molecule has 0 atom stereocenters. The van der Waals surface area contributed by atoms with Crippen molar-refractivity contribution in [3.05, 3.63) is 28.8 Å². The number of nitrogens with two attached hydrogens (primary N) is 1. The molecule has 1 aromatic rings. The molecule has 0 saturated carbocycles. The Bertz CT molecular complexity index is 501. The summed E-state index contributed by atoms with van der Waals surface area (Å²) in [7, 11) is -3.90. The van der Waals surface area contributed by atoms with Crippen molar-refractivity contribution in [3.8, 4) is 0 Å². The average Bonchev–Trinajstić information content (AvgIpc) is 2.15. The van der Waals surface area contributed by atoms with Crippen molar-refractivity contribution in [3.63, 3.8) is 0 Å². The summed E-state index contributed by atoms with van der Waals surface area (Å²) in [6.45, 7) is 0. The van der Waals surface area contributed by atoms with E-state index in [-0.39, 0.29) is 26.6 Å². The van der Waals surface area contributed by atoms with Crippen LogP contribution < -0.4 is 5.14 Å². The van der Waals surface area contributed by atoms with Gasteiger partial charge < -0.3 is 0 Å². The number of carbonyl (C=O) groups is 1. The Labute approximate surface area is 101 Å². The molecule has 0 heterocycles. The molecule has 0 aliphatic carbocycles. The quantitative estimate of drug-likeness (QED) is 0.680. The van der Waals surface area contributed by atoms with Gasteiger partial charge in [0.05, 0.1) is 10.4 Å². The molecule has 0 spiro atoms. The van der Waals surface area contributed by atoms with Crippen LogP contribution in [0, 0.1) is 0 Å². The number of halogens is 2. The van der Waals surface area contributed by atoms with Gasteiger partial charge in [0, 0.05) is 5.56 Å². The lowest BCUT2D eigenvalue weighted by molar-refractivity contribution is 0.102. The molecule has 0 unspecified atom stereocenters. The predicted molar refractivity (Wildman–Crippen MR) is 60.9 cm³/mol. The predicted octanol–water partition coefficient (Wildman–Crippen LogP) is 1.57. The molecule has 0 aliphatic heterocycles. The van der Waals surface area contributed by atoms with E-state index in [0.29, 0.717) is 0 Å². The van der Waals surface area contributed by atoms with E-state index in [1.165, 1.54) is 18.2 Å². The molecule has 0 aliphatic rings. The van der Waals surface area contributed by atoms with Crippen LogP contribution in [0.15, 0.2) is 23.1 Å². The molecular weight excluding hydrogens is 306 g/mol. The molecule has 0 saturated heterocycles. The SMILES string of the molecule is NS(=O)(=O)c1cc(C(=O)CBr)ccc1Cl. The number of rotatable bonds is 3. The summed E-state index contributed by atoms with van der Waals surface area (Å²) in [5.74, 6) is -0.239. The maximum absolute atomic E-state index is 11.3. The third-order valence-electron chi connectivity index (χ3n) is 1.68.